The molecule has 4 nitrogen and oxygen atoms in total. The molecule has 0 aliphatic rings. The summed E-state index contributed by atoms with van der Waals surface area (Å²) in [7, 11) is 0. The third-order valence-electron chi connectivity index (χ3n) is 3.00. The molecule has 0 atom stereocenters. The lowest BCUT2D eigenvalue weighted by Gasteiger charge is -2.19. The van der Waals surface area contributed by atoms with Crippen LogP contribution in [0.15, 0.2) is 29.8 Å². The minimum absolute atomic E-state index is 0.812. The Kier molecular flexibility index (Phi) is 5.95. The van der Waals surface area contributed by atoms with Crippen LogP contribution in [0.4, 0.5) is 5.13 Å². The quantitative estimate of drug-likeness (QED) is 0.759. The highest BCUT2D eigenvalue weighted by atomic mass is 32.1. The van der Waals surface area contributed by atoms with Gasteiger partial charge >= 0.3 is 0 Å². The molecule has 2 aromatic rings. The van der Waals surface area contributed by atoms with Crippen molar-refractivity contribution in [1.82, 2.24) is 15.3 Å². The van der Waals surface area contributed by atoms with Crippen LogP contribution in [-0.2, 0) is 13.1 Å². The summed E-state index contributed by atoms with van der Waals surface area (Å²) < 4.78 is 0. The molecule has 0 saturated carbocycles. The van der Waals surface area contributed by atoms with Gasteiger partial charge in [-0.15, -0.1) is 11.3 Å². The normalized spacial score (nSPS) is 10.7. The molecule has 5 heteroatoms. The van der Waals surface area contributed by atoms with Crippen LogP contribution in [0.5, 0.6) is 0 Å². The van der Waals surface area contributed by atoms with E-state index >= 15 is 0 Å². The Labute approximate surface area is 124 Å². The monoisotopic (exact) mass is 290 g/mol. The van der Waals surface area contributed by atoms with E-state index in [1.807, 2.05) is 18.3 Å². The Bertz CT molecular complexity index is 498. The minimum atomic E-state index is 0.812. The van der Waals surface area contributed by atoms with Crippen LogP contribution < -0.4 is 10.2 Å². The van der Waals surface area contributed by atoms with Gasteiger partial charge in [0.1, 0.15) is 0 Å². The SMILES string of the molecule is CCCNCc1csc(N(CC)Cc2ccccn2)n1. The number of rotatable bonds is 8. The maximum Gasteiger partial charge on any atom is 0.185 e. The summed E-state index contributed by atoms with van der Waals surface area (Å²) >= 11 is 1.71. The third-order valence-corrected chi connectivity index (χ3v) is 3.95. The van der Waals surface area contributed by atoms with E-state index < -0.39 is 0 Å². The van der Waals surface area contributed by atoms with Gasteiger partial charge in [-0.2, -0.15) is 0 Å². The maximum absolute atomic E-state index is 4.70. The highest BCUT2D eigenvalue weighted by Gasteiger charge is 2.10. The van der Waals surface area contributed by atoms with E-state index in [4.69, 9.17) is 4.98 Å². The van der Waals surface area contributed by atoms with Crippen molar-refractivity contribution in [2.45, 2.75) is 33.4 Å². The van der Waals surface area contributed by atoms with Crippen LogP contribution >= 0.6 is 11.3 Å². The molecule has 0 radical (unpaired) electrons. The average Bonchev–Trinajstić information content (AvgIpc) is 2.95. The minimum Gasteiger partial charge on any atom is -0.342 e. The molecular weight excluding hydrogens is 268 g/mol. The molecule has 0 saturated heterocycles. The molecule has 2 rings (SSSR count). The van der Waals surface area contributed by atoms with Gasteiger partial charge in [-0.3, -0.25) is 4.98 Å². The summed E-state index contributed by atoms with van der Waals surface area (Å²) in [5, 5.41) is 6.60. The van der Waals surface area contributed by atoms with Gasteiger partial charge < -0.3 is 10.2 Å². The fraction of sp³-hybridized carbons (Fsp3) is 0.467. The van der Waals surface area contributed by atoms with Gasteiger partial charge in [-0.1, -0.05) is 13.0 Å². The predicted octanol–water partition coefficient (Wildman–Crippen LogP) is 3.06. The lowest BCUT2D eigenvalue weighted by atomic mass is 10.3. The van der Waals surface area contributed by atoms with E-state index in [0.29, 0.717) is 0 Å². The molecule has 0 unspecified atom stereocenters. The Morgan fingerprint density at radius 2 is 2.15 bits per heavy atom. The number of hydrogen-bond acceptors (Lipinski definition) is 5. The maximum atomic E-state index is 4.70. The average molecular weight is 290 g/mol. The molecular formula is C15H22N4S. The highest BCUT2D eigenvalue weighted by molar-refractivity contribution is 7.13. The summed E-state index contributed by atoms with van der Waals surface area (Å²) in [6.07, 6.45) is 2.99. The first-order valence-electron chi connectivity index (χ1n) is 7.13. The number of anilines is 1. The molecule has 20 heavy (non-hydrogen) atoms. The molecule has 0 amide bonds. The van der Waals surface area contributed by atoms with Gasteiger partial charge in [0.25, 0.3) is 0 Å². The van der Waals surface area contributed by atoms with E-state index in [1.165, 1.54) is 0 Å². The van der Waals surface area contributed by atoms with Crippen LogP contribution in [0.2, 0.25) is 0 Å². The number of aromatic nitrogens is 2. The summed E-state index contributed by atoms with van der Waals surface area (Å²) in [5.74, 6) is 0. The van der Waals surface area contributed by atoms with Crippen molar-refractivity contribution in [2.75, 3.05) is 18.0 Å². The summed E-state index contributed by atoms with van der Waals surface area (Å²) in [6, 6.07) is 6.03. The van der Waals surface area contributed by atoms with E-state index in [1.54, 1.807) is 11.3 Å². The topological polar surface area (TPSA) is 41.0 Å². The second-order valence-corrected chi connectivity index (χ2v) is 5.47. The van der Waals surface area contributed by atoms with Gasteiger partial charge in [-0.05, 0) is 32.0 Å². The molecule has 0 spiro atoms. The largest absolute Gasteiger partial charge is 0.342 e. The fourth-order valence-corrected chi connectivity index (χ4v) is 2.81. The molecule has 0 aliphatic carbocycles. The highest BCUT2D eigenvalue weighted by Crippen LogP contribution is 2.21. The first-order valence-corrected chi connectivity index (χ1v) is 8.01. The Balaban J connectivity index is 1.97. The van der Waals surface area contributed by atoms with Crippen LogP contribution in [0, 0.1) is 0 Å². The Hall–Kier alpha value is -1.46. The number of thiazole rings is 1. The summed E-state index contributed by atoms with van der Waals surface area (Å²) in [5.41, 5.74) is 2.20. The Morgan fingerprint density at radius 3 is 2.85 bits per heavy atom. The zero-order chi connectivity index (χ0) is 14.2. The molecule has 2 aromatic heterocycles. The summed E-state index contributed by atoms with van der Waals surface area (Å²) in [6.45, 7) is 7.97. The third kappa shape index (κ3) is 4.28. The standard InChI is InChI=1S/C15H22N4S/c1-3-8-16-10-14-12-20-15(18-14)19(4-2)11-13-7-5-6-9-17-13/h5-7,9,12,16H,3-4,8,10-11H2,1-2H3. The van der Waals surface area contributed by atoms with Crippen LogP contribution in [0.1, 0.15) is 31.7 Å². The molecule has 1 N–H and O–H groups in total. The second kappa shape index (κ2) is 7.97. The summed E-state index contributed by atoms with van der Waals surface area (Å²) in [4.78, 5) is 11.3. The van der Waals surface area contributed by atoms with Crippen LogP contribution in [0.25, 0.3) is 0 Å². The Morgan fingerprint density at radius 1 is 1.25 bits per heavy atom. The smallest absolute Gasteiger partial charge is 0.185 e. The van der Waals surface area contributed by atoms with E-state index in [-0.39, 0.29) is 0 Å². The van der Waals surface area contributed by atoms with Crippen molar-refractivity contribution in [1.29, 1.82) is 0 Å². The molecule has 0 aliphatic heterocycles. The lowest BCUT2D eigenvalue weighted by molar-refractivity contribution is 0.665. The molecule has 0 aromatic carbocycles. The molecule has 2 heterocycles. The number of pyridine rings is 1. The fourth-order valence-electron chi connectivity index (χ4n) is 1.92. The van der Waals surface area contributed by atoms with Gasteiger partial charge in [-0.25, -0.2) is 4.98 Å². The zero-order valence-electron chi connectivity index (χ0n) is 12.2. The lowest BCUT2D eigenvalue weighted by Crippen LogP contribution is -2.22. The van der Waals surface area contributed by atoms with Gasteiger partial charge in [0.05, 0.1) is 17.9 Å². The van der Waals surface area contributed by atoms with Crippen molar-refractivity contribution >= 4 is 16.5 Å². The van der Waals surface area contributed by atoms with E-state index in [2.05, 4.69) is 40.5 Å². The molecule has 108 valence electrons. The van der Waals surface area contributed by atoms with Crippen LogP contribution in [0.3, 0.4) is 0 Å². The predicted molar refractivity (Wildman–Crippen MR) is 85.1 cm³/mol. The van der Waals surface area contributed by atoms with Gasteiger partial charge in [0, 0.05) is 24.7 Å². The zero-order valence-corrected chi connectivity index (χ0v) is 13.0. The number of nitrogens with one attached hydrogen (secondary N) is 1. The van der Waals surface area contributed by atoms with E-state index in [9.17, 15) is 0 Å². The van der Waals surface area contributed by atoms with Crippen molar-refractivity contribution in [3.63, 3.8) is 0 Å². The van der Waals surface area contributed by atoms with Crippen molar-refractivity contribution in [3.05, 3.63) is 41.2 Å². The van der Waals surface area contributed by atoms with Gasteiger partial charge in [0.15, 0.2) is 5.13 Å². The molecule has 0 fully saturated rings. The van der Waals surface area contributed by atoms with Crippen LogP contribution in [-0.4, -0.2) is 23.1 Å². The van der Waals surface area contributed by atoms with Crippen molar-refractivity contribution < 1.29 is 0 Å². The first-order chi connectivity index (χ1) is 9.83. The van der Waals surface area contributed by atoms with Gasteiger partial charge in [0.2, 0.25) is 0 Å². The first kappa shape index (κ1) is 14.9. The molecule has 0 bridgehead atoms. The number of nitrogens with zero attached hydrogens (tertiary/aromatic N) is 3. The number of hydrogen-bond donors (Lipinski definition) is 1. The van der Waals surface area contributed by atoms with Crippen molar-refractivity contribution in [3.8, 4) is 0 Å². The second-order valence-electron chi connectivity index (χ2n) is 4.63. The van der Waals surface area contributed by atoms with E-state index in [0.717, 1.165) is 49.1 Å². The van der Waals surface area contributed by atoms with Crippen molar-refractivity contribution in [2.24, 2.45) is 0 Å².